The van der Waals surface area contributed by atoms with Crippen LogP contribution in [0.25, 0.3) is 0 Å². The zero-order valence-corrected chi connectivity index (χ0v) is 19.0. The molecule has 2 aliphatic rings. The summed E-state index contributed by atoms with van der Waals surface area (Å²) in [5, 5.41) is 2.74. The van der Waals surface area contributed by atoms with Crippen molar-refractivity contribution in [2.45, 2.75) is 37.6 Å². The summed E-state index contributed by atoms with van der Waals surface area (Å²) in [6.07, 6.45) is 0.916. The number of sulfonamides is 1. The van der Waals surface area contributed by atoms with Gasteiger partial charge in [-0.1, -0.05) is 44.2 Å². The van der Waals surface area contributed by atoms with Gasteiger partial charge in [-0.25, -0.2) is 22.3 Å². The first-order valence-corrected chi connectivity index (χ1v) is 12.2. The van der Waals surface area contributed by atoms with Gasteiger partial charge in [0.05, 0.1) is 29.8 Å². The zero-order chi connectivity index (χ0) is 22.9. The Balaban J connectivity index is 1.56. The van der Waals surface area contributed by atoms with Gasteiger partial charge in [-0.15, -0.1) is 0 Å². The highest BCUT2D eigenvalue weighted by Crippen LogP contribution is 2.32. The second kappa shape index (κ2) is 8.82. The maximum absolute atomic E-state index is 13.3. The number of rotatable bonds is 5. The third-order valence-electron chi connectivity index (χ3n) is 5.59. The third-order valence-corrected chi connectivity index (χ3v) is 7.34. The largest absolute Gasteiger partial charge is 0.449 e. The molecule has 4 rings (SSSR count). The summed E-state index contributed by atoms with van der Waals surface area (Å²) in [4.78, 5) is 26.6. The summed E-state index contributed by atoms with van der Waals surface area (Å²) in [6.45, 7) is 4.79. The summed E-state index contributed by atoms with van der Waals surface area (Å²) in [6, 6.07) is 12.9. The minimum Gasteiger partial charge on any atom is -0.449 e. The van der Waals surface area contributed by atoms with Crippen LogP contribution in [-0.2, 0) is 21.2 Å². The molecular formula is C23H27N3O5S. The van der Waals surface area contributed by atoms with Crippen LogP contribution in [0.15, 0.2) is 53.4 Å². The van der Waals surface area contributed by atoms with E-state index in [1.165, 1.54) is 6.07 Å². The molecule has 1 N–H and O–H groups in total. The van der Waals surface area contributed by atoms with E-state index in [1.54, 1.807) is 17.0 Å². The van der Waals surface area contributed by atoms with Crippen molar-refractivity contribution >= 4 is 27.8 Å². The van der Waals surface area contributed by atoms with E-state index in [0.717, 1.165) is 15.4 Å². The lowest BCUT2D eigenvalue weighted by Crippen LogP contribution is -2.37. The van der Waals surface area contributed by atoms with Crippen LogP contribution in [0.1, 0.15) is 37.4 Å². The summed E-state index contributed by atoms with van der Waals surface area (Å²) in [5.41, 5.74) is 2.24. The van der Waals surface area contributed by atoms with E-state index >= 15 is 0 Å². The Labute approximate surface area is 188 Å². The highest BCUT2D eigenvalue weighted by Gasteiger charge is 2.39. The minimum absolute atomic E-state index is 0.0237. The first kappa shape index (κ1) is 22.1. The molecule has 3 amide bonds. The lowest BCUT2D eigenvalue weighted by Gasteiger charge is -2.29. The smallest absolute Gasteiger partial charge is 0.414 e. The number of hydrogen-bond acceptors (Lipinski definition) is 5. The van der Waals surface area contributed by atoms with Crippen LogP contribution in [0.4, 0.5) is 15.3 Å². The summed E-state index contributed by atoms with van der Waals surface area (Å²) in [7, 11) is -4.03. The van der Waals surface area contributed by atoms with Crippen LogP contribution in [0.3, 0.4) is 0 Å². The Hall–Kier alpha value is -3.07. The molecule has 0 saturated carbocycles. The predicted octanol–water partition coefficient (Wildman–Crippen LogP) is 3.69. The van der Waals surface area contributed by atoms with Gasteiger partial charge in [0.15, 0.2) is 0 Å². The number of benzene rings is 2. The minimum atomic E-state index is -4.03. The van der Waals surface area contributed by atoms with Gasteiger partial charge in [-0.05, 0) is 48.1 Å². The first-order chi connectivity index (χ1) is 15.3. The predicted molar refractivity (Wildman–Crippen MR) is 120 cm³/mol. The number of aryl methyl sites for hydroxylation is 1. The van der Waals surface area contributed by atoms with Crippen LogP contribution in [0, 0.1) is 5.92 Å². The molecule has 0 aromatic heterocycles. The third kappa shape index (κ3) is 4.29. The van der Waals surface area contributed by atoms with Gasteiger partial charge < -0.3 is 10.1 Å². The van der Waals surface area contributed by atoms with E-state index in [0.29, 0.717) is 31.7 Å². The van der Waals surface area contributed by atoms with Crippen molar-refractivity contribution in [2.75, 3.05) is 24.6 Å². The number of carbonyl (C=O) groups excluding carboxylic acids is 2. The number of fused-ring (bicyclic) bond motifs is 1. The topological polar surface area (TPSA) is 96.0 Å². The molecule has 1 unspecified atom stereocenters. The molecule has 2 aromatic rings. The Morgan fingerprint density at radius 3 is 2.66 bits per heavy atom. The van der Waals surface area contributed by atoms with Gasteiger partial charge in [0, 0.05) is 6.54 Å². The molecule has 0 bridgehead atoms. The van der Waals surface area contributed by atoms with Crippen molar-refractivity contribution in [1.82, 2.24) is 9.62 Å². The molecule has 9 heteroatoms. The first-order valence-electron chi connectivity index (χ1n) is 10.7. The molecule has 2 aromatic carbocycles. The lowest BCUT2D eigenvalue weighted by molar-refractivity contribution is 0.139. The monoisotopic (exact) mass is 457 g/mol. The number of amides is 3. The zero-order valence-electron chi connectivity index (χ0n) is 18.2. The highest BCUT2D eigenvalue weighted by molar-refractivity contribution is 7.89. The van der Waals surface area contributed by atoms with E-state index in [2.05, 4.69) is 5.32 Å². The Bertz CT molecular complexity index is 1120. The molecule has 2 aliphatic heterocycles. The van der Waals surface area contributed by atoms with E-state index in [1.807, 2.05) is 44.2 Å². The van der Waals surface area contributed by atoms with Crippen molar-refractivity contribution < 1.29 is 22.7 Å². The second-order valence-electron chi connectivity index (χ2n) is 8.47. The standard InChI is InChI=1S/C23H27N3O5S/c1-16(2)15-31-23(28)25-12-6-9-18-13-19(10-11-21(18)25)32(29,30)26-14-20(24-22(26)27)17-7-4-3-5-8-17/h3-5,7-8,10-11,13,16,20H,6,9,12,14-15H2,1-2H3,(H,24,27). The van der Waals surface area contributed by atoms with E-state index in [9.17, 15) is 18.0 Å². The Morgan fingerprint density at radius 2 is 1.94 bits per heavy atom. The molecule has 32 heavy (non-hydrogen) atoms. The fraction of sp³-hybridized carbons (Fsp3) is 0.391. The van der Waals surface area contributed by atoms with Crippen molar-refractivity contribution in [1.29, 1.82) is 0 Å². The SMILES string of the molecule is CC(C)COC(=O)N1CCCc2cc(S(=O)(=O)N3CC(c4ccccc4)NC3=O)ccc21. The number of carbonyl (C=O) groups is 2. The van der Waals surface area contributed by atoms with Gasteiger partial charge in [-0.2, -0.15) is 0 Å². The number of ether oxygens (including phenoxy) is 1. The molecule has 1 saturated heterocycles. The molecular weight excluding hydrogens is 430 g/mol. The van der Waals surface area contributed by atoms with E-state index < -0.39 is 28.2 Å². The molecule has 2 heterocycles. The van der Waals surface area contributed by atoms with Crippen molar-refractivity contribution in [3.63, 3.8) is 0 Å². The van der Waals surface area contributed by atoms with Crippen LogP contribution in [0.5, 0.6) is 0 Å². The maximum Gasteiger partial charge on any atom is 0.414 e. The van der Waals surface area contributed by atoms with Crippen LogP contribution in [0.2, 0.25) is 0 Å². The maximum atomic E-state index is 13.3. The van der Waals surface area contributed by atoms with E-state index in [-0.39, 0.29) is 17.4 Å². The van der Waals surface area contributed by atoms with E-state index in [4.69, 9.17) is 4.74 Å². The molecule has 0 spiro atoms. The molecule has 8 nitrogen and oxygen atoms in total. The second-order valence-corrected chi connectivity index (χ2v) is 10.3. The van der Waals surface area contributed by atoms with Gasteiger partial charge >= 0.3 is 12.1 Å². The average Bonchev–Trinajstić information content (AvgIpc) is 3.19. The molecule has 0 radical (unpaired) electrons. The summed E-state index contributed by atoms with van der Waals surface area (Å²) in [5.74, 6) is 0.224. The number of nitrogens with one attached hydrogen (secondary N) is 1. The molecule has 0 aliphatic carbocycles. The number of nitrogens with zero attached hydrogens (tertiary/aromatic N) is 2. The fourth-order valence-electron chi connectivity index (χ4n) is 3.96. The summed E-state index contributed by atoms with van der Waals surface area (Å²) < 4.78 is 32.8. The van der Waals surface area contributed by atoms with Gasteiger partial charge in [0.2, 0.25) is 0 Å². The fourth-order valence-corrected chi connectivity index (χ4v) is 5.37. The number of hydrogen-bond donors (Lipinski definition) is 1. The van der Waals surface area contributed by atoms with Crippen LogP contribution < -0.4 is 10.2 Å². The van der Waals surface area contributed by atoms with Crippen molar-refractivity contribution in [3.05, 3.63) is 59.7 Å². The molecule has 170 valence electrons. The molecule has 1 fully saturated rings. The van der Waals surface area contributed by atoms with Gasteiger partial charge in [0.1, 0.15) is 0 Å². The highest BCUT2D eigenvalue weighted by atomic mass is 32.2. The van der Waals surface area contributed by atoms with Crippen LogP contribution >= 0.6 is 0 Å². The average molecular weight is 458 g/mol. The Morgan fingerprint density at radius 1 is 1.19 bits per heavy atom. The van der Waals surface area contributed by atoms with Crippen LogP contribution in [-0.4, -0.2) is 44.5 Å². The van der Waals surface area contributed by atoms with Crippen molar-refractivity contribution in [2.24, 2.45) is 5.92 Å². The Kier molecular flexibility index (Phi) is 6.10. The van der Waals surface area contributed by atoms with Crippen molar-refractivity contribution in [3.8, 4) is 0 Å². The molecule has 1 atom stereocenters. The number of anilines is 1. The quantitative estimate of drug-likeness (QED) is 0.739. The summed E-state index contributed by atoms with van der Waals surface area (Å²) >= 11 is 0. The lowest BCUT2D eigenvalue weighted by atomic mass is 10.0. The van der Waals surface area contributed by atoms with Gasteiger partial charge in [0.25, 0.3) is 10.0 Å². The normalized spacial score (nSPS) is 18.5. The number of urea groups is 1. The van der Waals surface area contributed by atoms with Gasteiger partial charge in [-0.3, -0.25) is 4.90 Å².